The van der Waals surface area contributed by atoms with Crippen molar-refractivity contribution in [2.75, 3.05) is 0 Å². The van der Waals surface area contributed by atoms with Gasteiger partial charge in [-0.3, -0.25) is 14.5 Å². The zero-order valence-corrected chi connectivity index (χ0v) is 19.2. The Labute approximate surface area is 198 Å². The minimum Gasteiger partial charge on any atom is -0.489 e. The van der Waals surface area contributed by atoms with Gasteiger partial charge in [0.25, 0.3) is 11.1 Å². The van der Waals surface area contributed by atoms with Crippen LogP contribution in [0.1, 0.15) is 22.3 Å². The van der Waals surface area contributed by atoms with E-state index in [9.17, 15) is 14.9 Å². The van der Waals surface area contributed by atoms with Crippen LogP contribution in [0.25, 0.3) is 6.08 Å². The van der Waals surface area contributed by atoms with Crippen LogP contribution in [0, 0.1) is 11.3 Å². The van der Waals surface area contributed by atoms with Gasteiger partial charge in [0, 0.05) is 4.47 Å². The van der Waals surface area contributed by atoms with Crippen LogP contribution in [0.3, 0.4) is 0 Å². The Bertz CT molecular complexity index is 1230. The third kappa shape index (κ3) is 5.10. The average molecular weight is 505 g/mol. The first kappa shape index (κ1) is 21.9. The maximum absolute atomic E-state index is 12.8. The molecule has 0 N–H and O–H groups in total. The summed E-state index contributed by atoms with van der Waals surface area (Å²) in [6, 6.07) is 24.3. The summed E-state index contributed by atoms with van der Waals surface area (Å²) < 4.78 is 6.82. The molecule has 1 heterocycles. The standard InChI is InChI=1S/C25H17BrN2O3S/c26-21-9-5-18(6-10-21)16-31-22-11-7-17(8-12-22)13-23-24(29)28(25(30)32-23)15-20-4-2-1-3-19(20)14-27/h1-13H,15-16H2/b23-13+. The van der Waals surface area contributed by atoms with Crippen molar-refractivity contribution in [1.29, 1.82) is 5.26 Å². The molecule has 0 atom stereocenters. The quantitative estimate of drug-likeness (QED) is 0.377. The van der Waals surface area contributed by atoms with Crippen LogP contribution in [0.5, 0.6) is 5.75 Å². The molecule has 1 fully saturated rings. The lowest BCUT2D eigenvalue weighted by Gasteiger charge is -2.13. The summed E-state index contributed by atoms with van der Waals surface area (Å²) in [5.74, 6) is 0.356. The normalized spacial score (nSPS) is 14.6. The molecule has 0 saturated carbocycles. The van der Waals surface area contributed by atoms with E-state index >= 15 is 0 Å². The first-order chi connectivity index (χ1) is 15.5. The van der Waals surface area contributed by atoms with Gasteiger partial charge in [0.2, 0.25) is 0 Å². The Balaban J connectivity index is 1.42. The molecular weight excluding hydrogens is 488 g/mol. The molecule has 32 heavy (non-hydrogen) atoms. The summed E-state index contributed by atoms with van der Waals surface area (Å²) in [6.07, 6.45) is 1.69. The lowest BCUT2D eigenvalue weighted by molar-refractivity contribution is -0.123. The van der Waals surface area contributed by atoms with Crippen molar-refractivity contribution in [3.8, 4) is 11.8 Å². The maximum Gasteiger partial charge on any atom is 0.293 e. The maximum atomic E-state index is 12.8. The smallest absolute Gasteiger partial charge is 0.293 e. The molecule has 0 spiro atoms. The third-order valence-corrected chi connectivity index (χ3v) is 6.27. The van der Waals surface area contributed by atoms with Crippen molar-refractivity contribution in [3.05, 3.63) is 104 Å². The van der Waals surface area contributed by atoms with Crippen LogP contribution in [-0.2, 0) is 17.9 Å². The highest BCUT2D eigenvalue weighted by Crippen LogP contribution is 2.33. The van der Waals surface area contributed by atoms with Gasteiger partial charge in [0.1, 0.15) is 12.4 Å². The fourth-order valence-corrected chi connectivity index (χ4v) is 4.24. The molecule has 3 aromatic rings. The van der Waals surface area contributed by atoms with Crippen LogP contribution in [0.15, 0.2) is 82.2 Å². The lowest BCUT2D eigenvalue weighted by atomic mass is 10.1. The van der Waals surface area contributed by atoms with E-state index in [1.165, 1.54) is 4.90 Å². The minimum atomic E-state index is -0.358. The fraction of sp³-hybridized carbons (Fsp3) is 0.0800. The van der Waals surface area contributed by atoms with Gasteiger partial charge in [-0.25, -0.2) is 0 Å². The molecule has 3 aromatic carbocycles. The largest absolute Gasteiger partial charge is 0.489 e. The molecule has 0 unspecified atom stereocenters. The van der Waals surface area contributed by atoms with Crippen molar-refractivity contribution < 1.29 is 14.3 Å². The van der Waals surface area contributed by atoms with Crippen molar-refractivity contribution in [2.24, 2.45) is 0 Å². The molecule has 1 saturated heterocycles. The second-order valence-electron chi connectivity index (χ2n) is 7.02. The molecule has 1 aliphatic heterocycles. The molecule has 0 bridgehead atoms. The highest BCUT2D eigenvalue weighted by Gasteiger charge is 2.35. The van der Waals surface area contributed by atoms with E-state index in [1.807, 2.05) is 48.5 Å². The number of carbonyl (C=O) groups excluding carboxylic acids is 2. The van der Waals surface area contributed by atoms with Crippen LogP contribution in [0.2, 0.25) is 0 Å². The molecule has 4 rings (SSSR count). The summed E-state index contributed by atoms with van der Waals surface area (Å²) in [6.45, 7) is 0.532. The number of thioether (sulfide) groups is 1. The SMILES string of the molecule is N#Cc1ccccc1CN1C(=O)S/C(=C/c2ccc(OCc3ccc(Br)cc3)cc2)C1=O. The summed E-state index contributed by atoms with van der Waals surface area (Å²) in [4.78, 5) is 26.7. The molecule has 0 aliphatic carbocycles. The van der Waals surface area contributed by atoms with E-state index in [0.29, 0.717) is 28.4 Å². The van der Waals surface area contributed by atoms with Crippen LogP contribution >= 0.6 is 27.7 Å². The predicted molar refractivity (Wildman–Crippen MR) is 128 cm³/mol. The van der Waals surface area contributed by atoms with Crippen molar-refractivity contribution in [1.82, 2.24) is 4.90 Å². The second-order valence-corrected chi connectivity index (χ2v) is 8.93. The number of carbonyl (C=O) groups is 2. The van der Waals surface area contributed by atoms with Crippen LogP contribution in [-0.4, -0.2) is 16.0 Å². The summed E-state index contributed by atoms with van der Waals surface area (Å²) in [5, 5.41) is 8.90. The van der Waals surface area contributed by atoms with E-state index < -0.39 is 0 Å². The number of amides is 2. The summed E-state index contributed by atoms with van der Waals surface area (Å²) >= 11 is 4.31. The Morgan fingerprint density at radius 2 is 1.72 bits per heavy atom. The molecule has 158 valence electrons. The fourth-order valence-electron chi connectivity index (χ4n) is 3.13. The minimum absolute atomic E-state index is 0.0780. The second kappa shape index (κ2) is 9.86. The molecule has 0 aromatic heterocycles. The predicted octanol–water partition coefficient (Wildman–Crippen LogP) is 6.14. The molecule has 2 amide bonds. The summed E-state index contributed by atoms with van der Waals surface area (Å²) in [5.41, 5.74) is 2.95. The Kier molecular flexibility index (Phi) is 6.74. The zero-order chi connectivity index (χ0) is 22.5. The zero-order valence-electron chi connectivity index (χ0n) is 16.8. The average Bonchev–Trinajstić information content (AvgIpc) is 3.07. The highest BCUT2D eigenvalue weighted by molar-refractivity contribution is 9.10. The number of rotatable bonds is 6. The lowest BCUT2D eigenvalue weighted by Crippen LogP contribution is -2.27. The van der Waals surface area contributed by atoms with E-state index in [1.54, 1.807) is 30.3 Å². The molecule has 0 radical (unpaired) electrons. The highest BCUT2D eigenvalue weighted by atomic mass is 79.9. The van der Waals surface area contributed by atoms with Gasteiger partial charge in [-0.05, 0) is 64.9 Å². The number of hydrogen-bond donors (Lipinski definition) is 0. The Morgan fingerprint density at radius 3 is 2.44 bits per heavy atom. The van der Waals surface area contributed by atoms with Gasteiger partial charge in [0.05, 0.1) is 23.1 Å². The topological polar surface area (TPSA) is 70.4 Å². The third-order valence-electron chi connectivity index (χ3n) is 4.84. The number of imide groups is 1. The number of ether oxygens (including phenoxy) is 1. The van der Waals surface area contributed by atoms with Crippen LogP contribution in [0.4, 0.5) is 4.79 Å². The van der Waals surface area contributed by atoms with Crippen molar-refractivity contribution in [3.63, 3.8) is 0 Å². The summed E-state index contributed by atoms with van der Waals surface area (Å²) in [7, 11) is 0. The van der Waals surface area contributed by atoms with Gasteiger partial charge in [-0.15, -0.1) is 0 Å². The first-order valence-corrected chi connectivity index (χ1v) is 11.3. The molecule has 1 aliphatic rings. The van der Waals surface area contributed by atoms with Gasteiger partial charge in [-0.1, -0.05) is 58.4 Å². The van der Waals surface area contributed by atoms with Gasteiger partial charge in [0.15, 0.2) is 0 Å². The monoisotopic (exact) mass is 504 g/mol. The van der Waals surface area contributed by atoms with E-state index in [-0.39, 0.29) is 17.7 Å². The van der Waals surface area contributed by atoms with E-state index in [0.717, 1.165) is 27.4 Å². The molecular formula is C25H17BrN2O3S. The molecule has 5 nitrogen and oxygen atoms in total. The Hall–Kier alpha value is -3.34. The first-order valence-electron chi connectivity index (χ1n) is 9.74. The Morgan fingerprint density at radius 1 is 1.00 bits per heavy atom. The van der Waals surface area contributed by atoms with Crippen molar-refractivity contribution in [2.45, 2.75) is 13.2 Å². The number of halogens is 1. The van der Waals surface area contributed by atoms with Gasteiger partial charge in [-0.2, -0.15) is 5.26 Å². The van der Waals surface area contributed by atoms with E-state index in [2.05, 4.69) is 22.0 Å². The number of benzene rings is 3. The number of nitriles is 1. The van der Waals surface area contributed by atoms with Gasteiger partial charge < -0.3 is 4.74 Å². The molecule has 7 heteroatoms. The number of nitrogens with zero attached hydrogens (tertiary/aromatic N) is 2. The number of hydrogen-bond acceptors (Lipinski definition) is 5. The van der Waals surface area contributed by atoms with Gasteiger partial charge >= 0.3 is 0 Å². The van der Waals surface area contributed by atoms with E-state index in [4.69, 9.17) is 4.74 Å². The van der Waals surface area contributed by atoms with Crippen LogP contribution < -0.4 is 4.74 Å². The van der Waals surface area contributed by atoms with Crippen molar-refractivity contribution >= 4 is 44.9 Å².